The summed E-state index contributed by atoms with van der Waals surface area (Å²) in [5.74, 6) is -1.02. The minimum Gasteiger partial charge on any atom is -0.390 e. The third-order valence-corrected chi connectivity index (χ3v) is 4.82. The Hall–Kier alpha value is -2.93. The predicted molar refractivity (Wildman–Crippen MR) is 97.2 cm³/mol. The highest BCUT2D eigenvalue weighted by atomic mass is 19.1. The highest BCUT2D eigenvalue weighted by Crippen LogP contribution is 2.35. The van der Waals surface area contributed by atoms with E-state index in [2.05, 4.69) is 15.3 Å². The lowest BCUT2D eigenvalue weighted by Gasteiger charge is -2.12. The Balaban J connectivity index is 1.69. The summed E-state index contributed by atoms with van der Waals surface area (Å²) in [6.07, 6.45) is 1.90. The van der Waals surface area contributed by atoms with Crippen molar-refractivity contribution in [3.05, 3.63) is 53.7 Å². The van der Waals surface area contributed by atoms with E-state index in [9.17, 15) is 18.7 Å². The van der Waals surface area contributed by atoms with Crippen LogP contribution in [0.4, 0.5) is 14.6 Å². The normalized spacial score (nSPS) is 18.5. The summed E-state index contributed by atoms with van der Waals surface area (Å²) in [5, 5.41) is 13.8. The Morgan fingerprint density at radius 2 is 2.04 bits per heavy atom. The van der Waals surface area contributed by atoms with E-state index < -0.39 is 17.9 Å². The lowest BCUT2D eigenvalue weighted by molar-refractivity contribution is -0.117. The quantitative estimate of drug-likeness (QED) is 0.738. The zero-order valence-corrected chi connectivity index (χ0v) is 14.5. The molecule has 2 atom stereocenters. The highest BCUT2D eigenvalue weighted by molar-refractivity contribution is 5.96. The topological polar surface area (TPSA) is 75.1 Å². The smallest absolute Gasteiger partial charge is 0.231 e. The molecule has 2 heterocycles. The number of fused-ring (bicyclic) bond motifs is 1. The van der Waals surface area contributed by atoms with Crippen LogP contribution in [0, 0.1) is 18.7 Å². The number of carbonyl (C=O) groups is 1. The molecular weight excluding hydrogens is 352 g/mol. The second-order valence-electron chi connectivity index (χ2n) is 6.69. The van der Waals surface area contributed by atoms with E-state index in [1.807, 2.05) is 12.1 Å². The van der Waals surface area contributed by atoms with Gasteiger partial charge >= 0.3 is 0 Å². The van der Waals surface area contributed by atoms with Crippen LogP contribution in [-0.4, -0.2) is 27.2 Å². The molecule has 0 spiro atoms. The van der Waals surface area contributed by atoms with Gasteiger partial charge in [0.05, 0.1) is 24.4 Å². The van der Waals surface area contributed by atoms with Crippen LogP contribution >= 0.6 is 0 Å². The van der Waals surface area contributed by atoms with Gasteiger partial charge in [0.15, 0.2) is 0 Å². The molecule has 0 aliphatic heterocycles. The molecule has 5 nitrogen and oxygen atoms in total. The van der Waals surface area contributed by atoms with E-state index in [1.54, 1.807) is 25.3 Å². The van der Waals surface area contributed by atoms with Gasteiger partial charge < -0.3 is 10.4 Å². The molecule has 1 saturated carbocycles. The average molecular weight is 369 g/mol. The van der Waals surface area contributed by atoms with Crippen molar-refractivity contribution >= 4 is 22.5 Å². The zero-order valence-electron chi connectivity index (χ0n) is 14.5. The van der Waals surface area contributed by atoms with Gasteiger partial charge in [-0.05, 0) is 42.0 Å². The van der Waals surface area contributed by atoms with Gasteiger partial charge in [0.1, 0.15) is 17.8 Å². The minimum atomic E-state index is -1.06. The molecule has 7 heteroatoms. The van der Waals surface area contributed by atoms with Gasteiger partial charge in [-0.3, -0.25) is 9.78 Å². The average Bonchev–Trinajstić information content (AvgIpc) is 3.40. The Labute approximate surface area is 154 Å². The lowest BCUT2D eigenvalue weighted by atomic mass is 9.97. The summed E-state index contributed by atoms with van der Waals surface area (Å²) in [6.45, 7) is 1.34. The van der Waals surface area contributed by atoms with E-state index in [1.165, 1.54) is 0 Å². The first-order chi connectivity index (χ1) is 13.0. The molecule has 1 aliphatic rings. The lowest BCUT2D eigenvalue weighted by Crippen LogP contribution is -2.15. The van der Waals surface area contributed by atoms with Gasteiger partial charge in [0.2, 0.25) is 5.91 Å². The molecule has 4 rings (SSSR count). The largest absolute Gasteiger partial charge is 0.390 e. The summed E-state index contributed by atoms with van der Waals surface area (Å²) in [4.78, 5) is 20.0. The number of carbonyl (C=O) groups excluding carboxylic acids is 1. The number of halogens is 2. The second kappa shape index (κ2) is 6.66. The highest BCUT2D eigenvalue weighted by Gasteiger charge is 2.43. The number of nitrogens with zero attached hydrogens (tertiary/aromatic N) is 2. The number of aliphatic hydroxyl groups excluding tert-OH is 1. The van der Waals surface area contributed by atoms with Crippen LogP contribution in [0.15, 0.2) is 36.7 Å². The Morgan fingerprint density at radius 1 is 1.26 bits per heavy atom. The number of amides is 1. The van der Waals surface area contributed by atoms with Gasteiger partial charge in [0, 0.05) is 17.1 Å². The van der Waals surface area contributed by atoms with Gasteiger partial charge in [-0.1, -0.05) is 12.1 Å². The number of rotatable bonds is 4. The summed E-state index contributed by atoms with van der Waals surface area (Å²) in [6, 6.07) is 7.16. The van der Waals surface area contributed by atoms with Gasteiger partial charge in [-0.15, -0.1) is 0 Å². The van der Waals surface area contributed by atoms with Gasteiger partial charge in [0.25, 0.3) is 0 Å². The molecule has 2 aromatic heterocycles. The Kier molecular flexibility index (Phi) is 4.31. The van der Waals surface area contributed by atoms with Crippen molar-refractivity contribution in [3.8, 4) is 11.1 Å². The predicted octanol–water partition coefficient (Wildman–Crippen LogP) is 3.53. The van der Waals surface area contributed by atoms with E-state index in [0.717, 1.165) is 17.0 Å². The van der Waals surface area contributed by atoms with Crippen LogP contribution in [0.5, 0.6) is 0 Å². The van der Waals surface area contributed by atoms with Crippen LogP contribution in [0.2, 0.25) is 0 Å². The van der Waals surface area contributed by atoms with Crippen molar-refractivity contribution < 1.29 is 18.7 Å². The third kappa shape index (κ3) is 3.26. The standard InChI is InChI=1S/C20H17F2N3O2/c1-10-16(22)8-23-17(9-26)19(10)12-3-2-11-5-18(24-7-13(11)4-12)25-20(27)14-6-15(14)21/h2-5,7-8,14-15,26H,6,9H2,1H3,(H,24,25,27). The maximum absolute atomic E-state index is 13.9. The van der Waals surface area contributed by atoms with Gasteiger partial charge in [-0.25, -0.2) is 13.8 Å². The number of anilines is 1. The molecule has 2 N–H and O–H groups in total. The van der Waals surface area contributed by atoms with Crippen molar-refractivity contribution in [2.75, 3.05) is 5.32 Å². The fourth-order valence-electron chi connectivity index (χ4n) is 3.15. The molecule has 2 unspecified atom stereocenters. The van der Waals surface area contributed by atoms with Crippen molar-refractivity contribution in [2.24, 2.45) is 5.92 Å². The number of hydrogen-bond donors (Lipinski definition) is 2. The monoisotopic (exact) mass is 369 g/mol. The maximum atomic E-state index is 13.9. The zero-order chi connectivity index (χ0) is 19.1. The molecule has 0 saturated heterocycles. The molecule has 0 bridgehead atoms. The number of alkyl halides is 1. The first kappa shape index (κ1) is 17.5. The molecule has 1 fully saturated rings. The molecule has 1 aliphatic carbocycles. The molecule has 1 amide bonds. The van der Waals surface area contributed by atoms with Crippen molar-refractivity contribution in [1.29, 1.82) is 0 Å². The molecule has 27 heavy (non-hydrogen) atoms. The third-order valence-electron chi connectivity index (χ3n) is 4.82. The number of benzene rings is 1. The van der Waals surface area contributed by atoms with Crippen molar-refractivity contribution in [2.45, 2.75) is 26.1 Å². The summed E-state index contributed by atoms with van der Waals surface area (Å²) in [5.41, 5.74) is 2.08. The minimum absolute atomic E-state index is 0.261. The second-order valence-corrected chi connectivity index (χ2v) is 6.69. The van der Waals surface area contributed by atoms with Crippen LogP contribution in [0.25, 0.3) is 21.9 Å². The number of pyridine rings is 2. The van der Waals surface area contributed by atoms with Crippen molar-refractivity contribution in [3.63, 3.8) is 0 Å². The summed E-state index contributed by atoms with van der Waals surface area (Å²) < 4.78 is 26.9. The maximum Gasteiger partial charge on any atom is 0.231 e. The molecular formula is C20H17F2N3O2. The summed E-state index contributed by atoms with van der Waals surface area (Å²) >= 11 is 0. The van der Waals surface area contributed by atoms with Crippen LogP contribution in [0.3, 0.4) is 0 Å². The Morgan fingerprint density at radius 3 is 2.74 bits per heavy atom. The molecule has 0 radical (unpaired) electrons. The van der Waals surface area contributed by atoms with Crippen LogP contribution < -0.4 is 5.32 Å². The van der Waals surface area contributed by atoms with E-state index in [4.69, 9.17) is 0 Å². The summed E-state index contributed by atoms with van der Waals surface area (Å²) in [7, 11) is 0. The SMILES string of the molecule is Cc1c(F)cnc(CO)c1-c1ccc2cc(NC(=O)C3CC3F)ncc2c1. The number of aliphatic hydroxyl groups is 1. The molecule has 3 aromatic rings. The van der Waals surface area contributed by atoms with Crippen LogP contribution in [-0.2, 0) is 11.4 Å². The fourth-order valence-corrected chi connectivity index (χ4v) is 3.15. The fraction of sp³-hybridized carbons (Fsp3) is 0.250. The first-order valence-electron chi connectivity index (χ1n) is 8.58. The van der Waals surface area contributed by atoms with Gasteiger partial charge in [-0.2, -0.15) is 0 Å². The number of nitrogens with one attached hydrogen (secondary N) is 1. The molecule has 138 valence electrons. The van der Waals surface area contributed by atoms with E-state index in [-0.39, 0.29) is 18.9 Å². The molecule has 1 aromatic carbocycles. The Bertz CT molecular complexity index is 1050. The number of aromatic nitrogens is 2. The van der Waals surface area contributed by atoms with Crippen molar-refractivity contribution in [1.82, 2.24) is 9.97 Å². The van der Waals surface area contributed by atoms with Crippen LogP contribution in [0.1, 0.15) is 17.7 Å². The van der Waals surface area contributed by atoms with E-state index in [0.29, 0.717) is 28.2 Å². The van der Waals surface area contributed by atoms with E-state index >= 15 is 0 Å². The first-order valence-corrected chi connectivity index (χ1v) is 8.58. The number of hydrogen-bond acceptors (Lipinski definition) is 4.